The number of esters is 1. The zero-order valence-electron chi connectivity index (χ0n) is 14.0. The minimum atomic E-state index is -0.120. The van der Waals surface area contributed by atoms with E-state index in [4.69, 9.17) is 4.74 Å². The second-order valence-corrected chi connectivity index (χ2v) is 6.34. The highest BCUT2D eigenvalue weighted by molar-refractivity contribution is 5.77. The van der Waals surface area contributed by atoms with Crippen LogP contribution in [0.4, 0.5) is 0 Å². The third-order valence-corrected chi connectivity index (χ3v) is 4.61. The second-order valence-electron chi connectivity index (χ2n) is 6.34. The lowest BCUT2D eigenvalue weighted by molar-refractivity contribution is -0.897. The number of methoxy groups -OCH3 is 1. The van der Waals surface area contributed by atoms with Gasteiger partial charge in [-0.25, -0.2) is 0 Å². The van der Waals surface area contributed by atoms with E-state index < -0.39 is 0 Å². The molecule has 0 spiro atoms. The summed E-state index contributed by atoms with van der Waals surface area (Å²) < 4.78 is 4.79. The molecule has 1 fully saturated rings. The summed E-state index contributed by atoms with van der Waals surface area (Å²) in [6.45, 7) is 4.95. The van der Waals surface area contributed by atoms with Crippen molar-refractivity contribution >= 4 is 11.9 Å². The number of rotatable bonds is 6. The molecule has 1 aromatic carbocycles. The molecule has 5 nitrogen and oxygen atoms in total. The minimum Gasteiger partial charge on any atom is -0.469 e. The average Bonchev–Trinajstić information content (AvgIpc) is 2.60. The molecule has 1 saturated heterocycles. The predicted molar refractivity (Wildman–Crippen MR) is 88.2 cm³/mol. The maximum absolute atomic E-state index is 12.1. The number of piperidine rings is 1. The van der Waals surface area contributed by atoms with Gasteiger partial charge in [0.2, 0.25) is 0 Å². The van der Waals surface area contributed by atoms with Crippen molar-refractivity contribution in [2.45, 2.75) is 25.7 Å². The van der Waals surface area contributed by atoms with Crippen molar-refractivity contribution in [3.8, 4) is 0 Å². The number of nitrogens with one attached hydrogen (secondary N) is 2. The van der Waals surface area contributed by atoms with Gasteiger partial charge in [-0.05, 0) is 11.5 Å². The summed E-state index contributed by atoms with van der Waals surface area (Å²) in [5, 5.41) is 3.02. The maximum Gasteiger partial charge on any atom is 0.309 e. The molecule has 1 amide bonds. The summed E-state index contributed by atoms with van der Waals surface area (Å²) in [5.41, 5.74) is 1.24. The van der Waals surface area contributed by atoms with Crippen molar-refractivity contribution < 1.29 is 19.2 Å². The number of likely N-dealkylation sites (tertiary alicyclic amines) is 1. The van der Waals surface area contributed by atoms with Gasteiger partial charge in [-0.2, -0.15) is 0 Å². The smallest absolute Gasteiger partial charge is 0.309 e. The third-order valence-electron chi connectivity index (χ3n) is 4.61. The number of ether oxygens (including phenoxy) is 1. The zero-order valence-corrected chi connectivity index (χ0v) is 14.0. The van der Waals surface area contributed by atoms with Crippen LogP contribution in [0.2, 0.25) is 0 Å². The Labute approximate surface area is 138 Å². The quantitative estimate of drug-likeness (QED) is 0.745. The van der Waals surface area contributed by atoms with E-state index in [1.54, 1.807) is 0 Å². The highest BCUT2D eigenvalue weighted by Gasteiger charge is 2.28. The molecular formula is C18H27N2O3+. The van der Waals surface area contributed by atoms with Gasteiger partial charge in [-0.3, -0.25) is 9.59 Å². The number of hydrogen-bond acceptors (Lipinski definition) is 3. The Kier molecular flexibility index (Phi) is 6.59. The molecule has 0 aliphatic carbocycles. The summed E-state index contributed by atoms with van der Waals surface area (Å²) in [5.74, 6) is 0.273. The summed E-state index contributed by atoms with van der Waals surface area (Å²) >= 11 is 0. The van der Waals surface area contributed by atoms with Crippen LogP contribution in [-0.4, -0.2) is 45.2 Å². The molecular weight excluding hydrogens is 292 g/mol. The lowest BCUT2D eigenvalue weighted by Gasteiger charge is -2.27. The molecule has 1 aromatic rings. The van der Waals surface area contributed by atoms with Crippen molar-refractivity contribution in [1.82, 2.24) is 5.32 Å². The number of carbonyl (C=O) groups is 2. The lowest BCUT2D eigenvalue weighted by Crippen LogP contribution is -3.14. The fourth-order valence-corrected chi connectivity index (χ4v) is 3.06. The first-order valence-electron chi connectivity index (χ1n) is 8.33. The third kappa shape index (κ3) is 5.36. The molecule has 0 radical (unpaired) electrons. The van der Waals surface area contributed by atoms with Crippen LogP contribution in [0.25, 0.3) is 0 Å². The van der Waals surface area contributed by atoms with Crippen LogP contribution < -0.4 is 10.2 Å². The Morgan fingerprint density at radius 3 is 2.52 bits per heavy atom. The van der Waals surface area contributed by atoms with Gasteiger partial charge < -0.3 is 15.0 Å². The van der Waals surface area contributed by atoms with Gasteiger partial charge in [0.05, 0.1) is 26.1 Å². The molecule has 1 atom stereocenters. The summed E-state index contributed by atoms with van der Waals surface area (Å²) in [6.07, 6.45) is 1.60. The largest absolute Gasteiger partial charge is 0.469 e. The van der Waals surface area contributed by atoms with Gasteiger partial charge in [0, 0.05) is 19.4 Å². The van der Waals surface area contributed by atoms with Gasteiger partial charge in [-0.1, -0.05) is 37.3 Å². The number of carbonyl (C=O) groups excluding carboxylic acids is 2. The standard InChI is InChI=1S/C18H26N2O3/c1-14(15-6-4-3-5-7-15)12-19-17(21)13-20-10-8-16(9-11-20)18(22)23-2/h3-7,14,16H,8-13H2,1-2H3,(H,19,21)/p+1/t14-/m0/s1. The van der Waals surface area contributed by atoms with Gasteiger partial charge in [0.25, 0.3) is 5.91 Å². The molecule has 0 saturated carbocycles. The lowest BCUT2D eigenvalue weighted by atomic mass is 9.97. The maximum atomic E-state index is 12.1. The number of quaternary nitrogens is 1. The molecule has 0 aromatic heterocycles. The molecule has 0 unspecified atom stereocenters. The van der Waals surface area contributed by atoms with Crippen LogP contribution in [-0.2, 0) is 14.3 Å². The predicted octanol–water partition coefficient (Wildman–Crippen LogP) is 0.374. The Morgan fingerprint density at radius 1 is 1.26 bits per heavy atom. The molecule has 1 aliphatic rings. The SMILES string of the molecule is COC(=O)C1CC[NH+](CC(=O)NC[C@H](C)c2ccccc2)CC1. The fraction of sp³-hybridized carbons (Fsp3) is 0.556. The Hall–Kier alpha value is -1.88. The monoisotopic (exact) mass is 319 g/mol. The van der Waals surface area contributed by atoms with Crippen molar-refractivity contribution in [3.63, 3.8) is 0 Å². The fourth-order valence-electron chi connectivity index (χ4n) is 3.06. The first-order chi connectivity index (χ1) is 11.1. The zero-order chi connectivity index (χ0) is 16.7. The Morgan fingerprint density at radius 2 is 1.91 bits per heavy atom. The van der Waals surface area contributed by atoms with E-state index in [-0.39, 0.29) is 17.8 Å². The molecule has 23 heavy (non-hydrogen) atoms. The molecule has 0 bridgehead atoms. The van der Waals surface area contributed by atoms with Crippen molar-refractivity contribution in [3.05, 3.63) is 35.9 Å². The first kappa shape index (κ1) is 17.5. The molecule has 2 rings (SSSR count). The van der Waals surface area contributed by atoms with E-state index in [9.17, 15) is 9.59 Å². The van der Waals surface area contributed by atoms with Crippen molar-refractivity contribution in [2.75, 3.05) is 33.3 Å². The molecule has 2 N–H and O–H groups in total. The topological polar surface area (TPSA) is 59.8 Å². The van der Waals surface area contributed by atoms with Gasteiger partial charge in [0.1, 0.15) is 0 Å². The Balaban J connectivity index is 1.69. The van der Waals surface area contributed by atoms with Gasteiger partial charge in [-0.15, -0.1) is 0 Å². The number of hydrogen-bond donors (Lipinski definition) is 2. The summed E-state index contributed by atoms with van der Waals surface area (Å²) in [6, 6.07) is 10.2. The van der Waals surface area contributed by atoms with Crippen LogP contribution in [0, 0.1) is 5.92 Å². The summed E-state index contributed by atoms with van der Waals surface area (Å²) in [7, 11) is 1.43. The molecule has 5 heteroatoms. The highest BCUT2D eigenvalue weighted by atomic mass is 16.5. The van der Waals surface area contributed by atoms with Crippen LogP contribution in [0.15, 0.2) is 30.3 Å². The second kappa shape index (κ2) is 8.67. The van der Waals surface area contributed by atoms with E-state index in [0.29, 0.717) is 19.0 Å². The number of benzene rings is 1. The molecule has 1 aliphatic heterocycles. The molecule has 1 heterocycles. The van der Waals surface area contributed by atoms with E-state index in [1.807, 2.05) is 18.2 Å². The van der Waals surface area contributed by atoms with E-state index in [2.05, 4.69) is 24.4 Å². The van der Waals surface area contributed by atoms with Crippen LogP contribution in [0.5, 0.6) is 0 Å². The van der Waals surface area contributed by atoms with Crippen LogP contribution in [0.3, 0.4) is 0 Å². The average molecular weight is 319 g/mol. The van der Waals surface area contributed by atoms with E-state index in [0.717, 1.165) is 25.9 Å². The van der Waals surface area contributed by atoms with Crippen LogP contribution >= 0.6 is 0 Å². The van der Waals surface area contributed by atoms with Crippen LogP contribution in [0.1, 0.15) is 31.2 Å². The van der Waals surface area contributed by atoms with Gasteiger partial charge >= 0.3 is 5.97 Å². The van der Waals surface area contributed by atoms with Crippen molar-refractivity contribution in [1.29, 1.82) is 0 Å². The highest BCUT2D eigenvalue weighted by Crippen LogP contribution is 2.13. The minimum absolute atomic E-state index is 0.00455. The van der Waals surface area contributed by atoms with E-state index in [1.165, 1.54) is 17.6 Å². The number of amides is 1. The summed E-state index contributed by atoms with van der Waals surface area (Å²) in [4.78, 5) is 24.8. The van der Waals surface area contributed by atoms with Gasteiger partial charge in [0.15, 0.2) is 6.54 Å². The first-order valence-corrected chi connectivity index (χ1v) is 8.33. The van der Waals surface area contributed by atoms with Crippen molar-refractivity contribution in [2.24, 2.45) is 5.92 Å². The Bertz CT molecular complexity index is 510. The normalized spacial score (nSPS) is 22.2. The van der Waals surface area contributed by atoms with E-state index >= 15 is 0 Å². The molecule has 126 valence electrons.